The summed E-state index contributed by atoms with van der Waals surface area (Å²) >= 11 is 0. The Hall–Kier alpha value is -1.30. The Morgan fingerprint density at radius 1 is 1.25 bits per heavy atom. The van der Waals surface area contributed by atoms with Gasteiger partial charge in [0.15, 0.2) is 0 Å². The van der Waals surface area contributed by atoms with E-state index < -0.39 is 18.0 Å². The van der Waals surface area contributed by atoms with Crippen LogP contribution in [0.2, 0.25) is 0 Å². The first kappa shape index (κ1) is 14.7. The zero-order chi connectivity index (χ0) is 12.4. The molecule has 6 nitrogen and oxygen atoms in total. The van der Waals surface area contributed by atoms with Gasteiger partial charge in [-0.15, -0.1) is 0 Å². The highest BCUT2D eigenvalue weighted by molar-refractivity contribution is 5.82. The van der Waals surface area contributed by atoms with Crippen molar-refractivity contribution in [3.8, 4) is 0 Å². The van der Waals surface area contributed by atoms with Crippen LogP contribution in [-0.2, 0) is 4.79 Å². The third kappa shape index (κ3) is 7.05. The van der Waals surface area contributed by atoms with Crippen molar-refractivity contribution in [2.24, 2.45) is 0 Å². The lowest BCUT2D eigenvalue weighted by molar-refractivity contribution is -0.139. The van der Waals surface area contributed by atoms with Gasteiger partial charge in [0.2, 0.25) is 0 Å². The first-order valence-electron chi connectivity index (χ1n) is 5.59. The fourth-order valence-electron chi connectivity index (χ4n) is 1.14. The van der Waals surface area contributed by atoms with Gasteiger partial charge in [-0.1, -0.05) is 13.8 Å². The number of carboxylic acid groups (broad SMARTS) is 1. The smallest absolute Gasteiger partial charge is 0.326 e. The molecular formula is C10H21N3O3. The molecule has 0 aromatic carbocycles. The van der Waals surface area contributed by atoms with E-state index in [0.29, 0.717) is 13.0 Å². The van der Waals surface area contributed by atoms with Gasteiger partial charge in [0.25, 0.3) is 0 Å². The third-order valence-electron chi connectivity index (χ3n) is 2.08. The van der Waals surface area contributed by atoms with Crippen LogP contribution in [0.25, 0.3) is 0 Å². The van der Waals surface area contributed by atoms with Crippen molar-refractivity contribution in [3.05, 3.63) is 0 Å². The Balaban J connectivity index is 3.61. The molecule has 0 fully saturated rings. The number of amides is 2. The quantitative estimate of drug-likeness (QED) is 0.447. The molecule has 0 bridgehead atoms. The number of carboxylic acids is 1. The minimum absolute atomic E-state index is 0.375. The molecule has 2 amide bonds. The molecule has 0 saturated heterocycles. The van der Waals surface area contributed by atoms with Crippen LogP contribution in [0.15, 0.2) is 0 Å². The van der Waals surface area contributed by atoms with Crippen molar-refractivity contribution in [3.63, 3.8) is 0 Å². The second-order valence-electron chi connectivity index (χ2n) is 3.41. The summed E-state index contributed by atoms with van der Waals surface area (Å²) in [5, 5.41) is 16.8. The summed E-state index contributed by atoms with van der Waals surface area (Å²) in [4.78, 5) is 21.9. The van der Waals surface area contributed by atoms with E-state index in [0.717, 1.165) is 19.5 Å². The van der Waals surface area contributed by atoms with Crippen molar-refractivity contribution in [2.75, 3.05) is 19.6 Å². The van der Waals surface area contributed by atoms with Crippen LogP contribution in [0, 0.1) is 0 Å². The van der Waals surface area contributed by atoms with Crippen LogP contribution in [0.5, 0.6) is 0 Å². The van der Waals surface area contributed by atoms with E-state index in [-0.39, 0.29) is 0 Å². The lowest BCUT2D eigenvalue weighted by atomic mass is 10.2. The highest BCUT2D eigenvalue weighted by atomic mass is 16.4. The van der Waals surface area contributed by atoms with Crippen molar-refractivity contribution in [1.82, 2.24) is 16.0 Å². The summed E-state index contributed by atoms with van der Waals surface area (Å²) in [6, 6.07) is -1.24. The van der Waals surface area contributed by atoms with Gasteiger partial charge in [-0.05, 0) is 25.9 Å². The van der Waals surface area contributed by atoms with Gasteiger partial charge >= 0.3 is 12.0 Å². The number of urea groups is 1. The molecule has 0 radical (unpaired) electrons. The molecule has 0 aliphatic heterocycles. The molecule has 0 aromatic heterocycles. The van der Waals surface area contributed by atoms with Crippen molar-refractivity contribution < 1.29 is 14.7 Å². The minimum atomic E-state index is -1.01. The summed E-state index contributed by atoms with van der Waals surface area (Å²) in [5.41, 5.74) is 0. The predicted octanol–water partition coefficient (Wildman–Crippen LogP) is 0.148. The molecule has 6 heteroatoms. The molecule has 0 aliphatic rings. The lowest BCUT2D eigenvalue weighted by Gasteiger charge is -2.13. The monoisotopic (exact) mass is 231 g/mol. The first-order valence-corrected chi connectivity index (χ1v) is 5.59. The maximum absolute atomic E-state index is 11.2. The molecule has 16 heavy (non-hydrogen) atoms. The maximum Gasteiger partial charge on any atom is 0.326 e. The van der Waals surface area contributed by atoms with Crippen molar-refractivity contribution >= 4 is 12.0 Å². The largest absolute Gasteiger partial charge is 0.480 e. The van der Waals surface area contributed by atoms with Gasteiger partial charge in [0, 0.05) is 6.54 Å². The van der Waals surface area contributed by atoms with E-state index >= 15 is 0 Å². The average Bonchev–Trinajstić information content (AvgIpc) is 2.25. The van der Waals surface area contributed by atoms with Crippen LogP contribution < -0.4 is 16.0 Å². The second kappa shape index (κ2) is 8.96. The summed E-state index contributed by atoms with van der Waals surface area (Å²) < 4.78 is 0. The number of rotatable bonds is 8. The fourth-order valence-corrected chi connectivity index (χ4v) is 1.14. The van der Waals surface area contributed by atoms with Gasteiger partial charge in [-0.3, -0.25) is 0 Å². The van der Waals surface area contributed by atoms with E-state index in [4.69, 9.17) is 5.11 Å². The number of hydrogen-bond donors (Lipinski definition) is 4. The van der Waals surface area contributed by atoms with Gasteiger partial charge in [-0.25, -0.2) is 9.59 Å². The Morgan fingerprint density at radius 3 is 2.44 bits per heavy atom. The van der Waals surface area contributed by atoms with Gasteiger partial charge in [0.05, 0.1) is 0 Å². The molecule has 4 N–H and O–H groups in total. The molecule has 0 unspecified atom stereocenters. The third-order valence-corrected chi connectivity index (χ3v) is 2.08. The number of carbonyl (C=O) groups excluding carboxylic acids is 1. The highest BCUT2D eigenvalue weighted by Gasteiger charge is 2.16. The van der Waals surface area contributed by atoms with E-state index in [9.17, 15) is 9.59 Å². The Labute approximate surface area is 95.8 Å². The van der Waals surface area contributed by atoms with Gasteiger partial charge < -0.3 is 21.1 Å². The topological polar surface area (TPSA) is 90.5 Å². The molecule has 1 atom stereocenters. The van der Waals surface area contributed by atoms with Crippen LogP contribution >= 0.6 is 0 Å². The molecule has 0 saturated carbocycles. The maximum atomic E-state index is 11.2. The molecular weight excluding hydrogens is 210 g/mol. The van der Waals surface area contributed by atoms with E-state index in [1.54, 1.807) is 6.92 Å². The van der Waals surface area contributed by atoms with E-state index in [2.05, 4.69) is 16.0 Å². The Bertz CT molecular complexity index is 221. The second-order valence-corrected chi connectivity index (χ2v) is 3.41. The number of hydrogen-bond acceptors (Lipinski definition) is 3. The van der Waals surface area contributed by atoms with E-state index in [1.807, 2.05) is 6.92 Å². The molecule has 0 rings (SSSR count). The first-order chi connectivity index (χ1) is 7.61. The predicted molar refractivity (Wildman–Crippen MR) is 61.4 cm³/mol. The summed E-state index contributed by atoms with van der Waals surface area (Å²) in [5.74, 6) is -1.01. The summed E-state index contributed by atoms with van der Waals surface area (Å²) in [6.45, 7) is 6.01. The molecule has 0 heterocycles. The van der Waals surface area contributed by atoms with Crippen molar-refractivity contribution in [2.45, 2.75) is 32.7 Å². The SMILES string of the molecule is CCNCCCNC(=O)N[C@@H](CC)C(=O)O. The van der Waals surface area contributed by atoms with Crippen molar-refractivity contribution in [1.29, 1.82) is 0 Å². The zero-order valence-electron chi connectivity index (χ0n) is 9.88. The molecule has 0 aromatic rings. The molecule has 0 spiro atoms. The minimum Gasteiger partial charge on any atom is -0.480 e. The van der Waals surface area contributed by atoms with Crippen LogP contribution in [0.1, 0.15) is 26.7 Å². The van der Waals surface area contributed by atoms with Crippen LogP contribution in [0.4, 0.5) is 4.79 Å². The van der Waals surface area contributed by atoms with Crippen LogP contribution in [-0.4, -0.2) is 42.8 Å². The summed E-state index contributed by atoms with van der Waals surface area (Å²) in [6.07, 6.45) is 1.20. The van der Waals surface area contributed by atoms with Gasteiger partial charge in [0.1, 0.15) is 6.04 Å². The fraction of sp³-hybridized carbons (Fsp3) is 0.800. The standard InChI is InChI=1S/C10H21N3O3/c1-3-8(9(14)15)13-10(16)12-7-5-6-11-4-2/h8,11H,3-7H2,1-2H3,(H,14,15)(H2,12,13,16)/t8-/m0/s1. The van der Waals surface area contributed by atoms with Crippen LogP contribution in [0.3, 0.4) is 0 Å². The molecule has 0 aliphatic carbocycles. The molecule has 94 valence electrons. The Kier molecular flexibility index (Phi) is 8.24. The Morgan fingerprint density at radius 2 is 1.94 bits per heavy atom. The van der Waals surface area contributed by atoms with E-state index in [1.165, 1.54) is 0 Å². The average molecular weight is 231 g/mol. The number of nitrogens with one attached hydrogen (secondary N) is 3. The zero-order valence-corrected chi connectivity index (χ0v) is 9.88. The van der Waals surface area contributed by atoms with Gasteiger partial charge in [-0.2, -0.15) is 0 Å². The number of carbonyl (C=O) groups is 2. The normalized spacial score (nSPS) is 11.9. The lowest BCUT2D eigenvalue weighted by Crippen LogP contribution is -2.46. The summed E-state index contributed by atoms with van der Waals surface area (Å²) in [7, 11) is 0. The number of aliphatic carboxylic acids is 1. The highest BCUT2D eigenvalue weighted by Crippen LogP contribution is 1.90.